The fourth-order valence-electron chi connectivity index (χ4n) is 2.83. The topological polar surface area (TPSA) is 63.2 Å². The van der Waals surface area contributed by atoms with E-state index in [0.717, 1.165) is 42.6 Å². The number of hydrogen-bond donors (Lipinski definition) is 1. The number of rotatable bonds is 4. The number of thioether (sulfide) groups is 1. The lowest BCUT2D eigenvalue weighted by atomic mass is 9.87. The number of fused-ring (bicyclic) bond motifs is 1. The maximum atomic E-state index is 12.4. The minimum Gasteiger partial charge on any atom is -0.272 e. The summed E-state index contributed by atoms with van der Waals surface area (Å²) >= 11 is 1.52. The normalized spacial score (nSPS) is 22.2. The molecular formula is C15H19NO3S2. The third-order valence-corrected chi connectivity index (χ3v) is 6.83. The van der Waals surface area contributed by atoms with Gasteiger partial charge in [-0.2, -0.15) is 0 Å². The summed E-state index contributed by atoms with van der Waals surface area (Å²) < 4.78 is 26.4. The molecule has 1 fully saturated rings. The molecule has 1 heterocycles. The van der Waals surface area contributed by atoms with Gasteiger partial charge < -0.3 is 0 Å². The third kappa shape index (κ3) is 3.43. The maximum Gasteiger partial charge on any atom is 0.251 e. The minimum absolute atomic E-state index is 0.0811. The molecule has 0 unspecified atom stereocenters. The largest absolute Gasteiger partial charge is 0.272 e. The summed E-state index contributed by atoms with van der Waals surface area (Å²) in [4.78, 5) is 12.4. The van der Waals surface area contributed by atoms with E-state index < -0.39 is 21.2 Å². The van der Waals surface area contributed by atoms with Crippen molar-refractivity contribution in [1.82, 2.24) is 4.72 Å². The summed E-state index contributed by atoms with van der Waals surface area (Å²) in [6, 6.07) is 7.79. The molecule has 1 aliphatic carbocycles. The van der Waals surface area contributed by atoms with Crippen LogP contribution in [-0.2, 0) is 21.2 Å². The highest BCUT2D eigenvalue weighted by atomic mass is 32.2. The maximum absolute atomic E-state index is 12.4. The molecule has 1 aromatic carbocycles. The lowest BCUT2D eigenvalue weighted by molar-refractivity contribution is -0.118. The number of benzene rings is 1. The molecule has 0 saturated heterocycles. The molecule has 0 aromatic heterocycles. The van der Waals surface area contributed by atoms with Crippen LogP contribution in [0.4, 0.5) is 0 Å². The molecule has 114 valence electrons. The Morgan fingerprint density at radius 2 is 2.05 bits per heavy atom. The van der Waals surface area contributed by atoms with Gasteiger partial charge in [0.2, 0.25) is 10.0 Å². The summed E-state index contributed by atoms with van der Waals surface area (Å²) in [5.41, 5.74) is 2.10. The van der Waals surface area contributed by atoms with Crippen LogP contribution in [-0.4, -0.2) is 25.8 Å². The van der Waals surface area contributed by atoms with Crippen molar-refractivity contribution >= 4 is 27.7 Å². The van der Waals surface area contributed by atoms with Crippen molar-refractivity contribution in [3.05, 3.63) is 35.4 Å². The van der Waals surface area contributed by atoms with Gasteiger partial charge in [-0.1, -0.05) is 30.7 Å². The van der Waals surface area contributed by atoms with Gasteiger partial charge in [-0.3, -0.25) is 9.52 Å². The van der Waals surface area contributed by atoms with E-state index in [1.807, 2.05) is 24.3 Å². The van der Waals surface area contributed by atoms with Gasteiger partial charge in [0.1, 0.15) is 5.25 Å². The number of hydrogen-bond acceptors (Lipinski definition) is 4. The number of nitrogens with one attached hydrogen (secondary N) is 1. The second-order valence-corrected chi connectivity index (χ2v) is 8.72. The van der Waals surface area contributed by atoms with Crippen molar-refractivity contribution in [2.75, 3.05) is 11.5 Å². The molecule has 2 aliphatic rings. The van der Waals surface area contributed by atoms with Gasteiger partial charge in [0.05, 0.1) is 5.75 Å². The second kappa shape index (κ2) is 6.01. The summed E-state index contributed by atoms with van der Waals surface area (Å²) in [5, 5.41) is -0.411. The van der Waals surface area contributed by atoms with Crippen molar-refractivity contribution in [1.29, 1.82) is 0 Å². The van der Waals surface area contributed by atoms with Crippen LogP contribution in [0.1, 0.15) is 35.6 Å². The van der Waals surface area contributed by atoms with Crippen molar-refractivity contribution < 1.29 is 13.2 Å². The van der Waals surface area contributed by atoms with Crippen LogP contribution in [0.3, 0.4) is 0 Å². The summed E-state index contributed by atoms with van der Waals surface area (Å²) in [5.74, 6) is 0.753. The van der Waals surface area contributed by atoms with Gasteiger partial charge in [0.25, 0.3) is 5.91 Å². The lowest BCUT2D eigenvalue weighted by Crippen LogP contribution is -2.39. The van der Waals surface area contributed by atoms with Gasteiger partial charge in [0, 0.05) is 0 Å². The first-order valence-electron chi connectivity index (χ1n) is 7.29. The zero-order valence-electron chi connectivity index (χ0n) is 11.7. The smallest absolute Gasteiger partial charge is 0.251 e. The average Bonchev–Trinajstić information content (AvgIpc) is 2.42. The average molecular weight is 325 g/mol. The summed E-state index contributed by atoms with van der Waals surface area (Å²) in [6.45, 7) is 0. The highest BCUT2D eigenvalue weighted by Gasteiger charge is 2.31. The fourth-order valence-corrected chi connectivity index (χ4v) is 5.56. The zero-order valence-corrected chi connectivity index (χ0v) is 13.4. The number of aryl methyl sites for hydroxylation is 1. The van der Waals surface area contributed by atoms with E-state index in [2.05, 4.69) is 4.72 Å². The minimum atomic E-state index is -3.51. The highest BCUT2D eigenvalue weighted by Crippen LogP contribution is 2.37. The molecule has 1 amide bonds. The van der Waals surface area contributed by atoms with Crippen LogP contribution < -0.4 is 4.72 Å². The first-order chi connectivity index (χ1) is 10.1. The van der Waals surface area contributed by atoms with E-state index in [0.29, 0.717) is 0 Å². The van der Waals surface area contributed by atoms with Crippen LogP contribution in [0.15, 0.2) is 24.3 Å². The number of amides is 1. The van der Waals surface area contributed by atoms with Crippen LogP contribution >= 0.6 is 11.8 Å². The number of carbonyl (C=O) groups excluding carboxylic acids is 1. The molecule has 0 spiro atoms. The predicted octanol–water partition coefficient (Wildman–Crippen LogP) is 2.26. The quantitative estimate of drug-likeness (QED) is 0.922. The standard InChI is InChI=1S/C15H19NO3S2/c17-15(16-21(18,19)10-11-4-3-5-11)14-13-7-2-1-6-12(13)8-9-20-14/h1-2,6-7,11,14H,3-5,8-10H2,(H,16,17)/t14-/m1/s1. The Bertz CT molecular complexity index is 638. The van der Waals surface area contributed by atoms with Gasteiger partial charge in [-0.15, -0.1) is 11.8 Å². The van der Waals surface area contributed by atoms with Gasteiger partial charge in [0.15, 0.2) is 0 Å². The van der Waals surface area contributed by atoms with E-state index in [-0.39, 0.29) is 11.7 Å². The molecule has 1 saturated carbocycles. The van der Waals surface area contributed by atoms with Crippen LogP contribution in [0.2, 0.25) is 0 Å². The Balaban J connectivity index is 1.71. The van der Waals surface area contributed by atoms with E-state index in [9.17, 15) is 13.2 Å². The summed E-state index contributed by atoms with van der Waals surface area (Å²) in [6.07, 6.45) is 3.94. The SMILES string of the molecule is O=C(NS(=O)(=O)CC1CCC1)[C@@H]1SCCc2ccccc21. The molecule has 0 radical (unpaired) electrons. The second-order valence-electron chi connectivity index (χ2n) is 5.74. The fraction of sp³-hybridized carbons (Fsp3) is 0.533. The first-order valence-corrected chi connectivity index (χ1v) is 9.99. The third-order valence-electron chi connectivity index (χ3n) is 4.17. The Morgan fingerprint density at radius 1 is 1.29 bits per heavy atom. The molecule has 1 N–H and O–H groups in total. The molecule has 4 nitrogen and oxygen atoms in total. The Kier molecular flexibility index (Phi) is 4.26. The van der Waals surface area contributed by atoms with Gasteiger partial charge in [-0.05, 0) is 42.1 Å². The van der Waals surface area contributed by atoms with E-state index in [1.165, 1.54) is 11.8 Å². The number of carbonyl (C=O) groups is 1. The molecule has 0 bridgehead atoms. The van der Waals surface area contributed by atoms with Crippen molar-refractivity contribution in [2.24, 2.45) is 5.92 Å². The van der Waals surface area contributed by atoms with E-state index in [4.69, 9.17) is 0 Å². The van der Waals surface area contributed by atoms with Crippen LogP contribution in [0, 0.1) is 5.92 Å². The molecule has 3 rings (SSSR count). The first kappa shape index (κ1) is 14.9. The van der Waals surface area contributed by atoms with Crippen molar-refractivity contribution in [3.63, 3.8) is 0 Å². The van der Waals surface area contributed by atoms with Crippen molar-refractivity contribution in [2.45, 2.75) is 30.9 Å². The zero-order chi connectivity index (χ0) is 14.9. The molecule has 1 aliphatic heterocycles. The monoisotopic (exact) mass is 325 g/mol. The molecular weight excluding hydrogens is 306 g/mol. The van der Waals surface area contributed by atoms with Crippen LogP contribution in [0.25, 0.3) is 0 Å². The Hall–Kier alpha value is -1.01. The molecule has 1 aromatic rings. The lowest BCUT2D eigenvalue weighted by Gasteiger charge is -2.27. The van der Waals surface area contributed by atoms with E-state index in [1.54, 1.807) is 0 Å². The molecule has 21 heavy (non-hydrogen) atoms. The van der Waals surface area contributed by atoms with Gasteiger partial charge in [-0.25, -0.2) is 8.42 Å². The Morgan fingerprint density at radius 3 is 2.76 bits per heavy atom. The molecule has 6 heteroatoms. The summed E-state index contributed by atoms with van der Waals surface area (Å²) in [7, 11) is -3.51. The van der Waals surface area contributed by atoms with Crippen LogP contribution in [0.5, 0.6) is 0 Å². The number of sulfonamides is 1. The van der Waals surface area contributed by atoms with E-state index >= 15 is 0 Å². The predicted molar refractivity (Wildman–Crippen MR) is 84.6 cm³/mol. The van der Waals surface area contributed by atoms with Crippen molar-refractivity contribution in [3.8, 4) is 0 Å². The van der Waals surface area contributed by atoms with Gasteiger partial charge >= 0.3 is 0 Å². The highest BCUT2D eigenvalue weighted by molar-refractivity contribution is 8.00. The Labute approximate surface area is 129 Å². The molecule has 1 atom stereocenters.